The Bertz CT molecular complexity index is 485. The second-order valence-corrected chi connectivity index (χ2v) is 2.29. The molecule has 60 valence electrons. The van der Waals surface area contributed by atoms with Crippen LogP contribution in [0.25, 0.3) is 0 Å². The molecule has 3 nitrogen and oxygen atoms in total. The minimum atomic E-state index is -2.86. The van der Waals surface area contributed by atoms with Crippen LogP contribution in [-0.2, 0) is 0 Å². The Hall–Kier alpha value is -0.770. The average molecular weight is 226 g/mol. The number of hydrogen-bond acceptors (Lipinski definition) is 3. The SMILES string of the molecule is [2H]c1nc(OC([2H])([2H])[2H])c(Br)c(OC([2H])([2H])[2H])c1[2H]. The van der Waals surface area contributed by atoms with E-state index in [2.05, 4.69) is 30.4 Å². The monoisotopic (exact) mass is 225 g/mol. The smallest absolute Gasteiger partial charge is 0.231 e. The molecule has 11 heavy (non-hydrogen) atoms. The third kappa shape index (κ3) is 1.63. The summed E-state index contributed by atoms with van der Waals surface area (Å²) in [7, 11) is -5.69. The van der Waals surface area contributed by atoms with Crippen molar-refractivity contribution in [2.75, 3.05) is 14.1 Å². The zero-order valence-electron chi connectivity index (χ0n) is 13.1. The van der Waals surface area contributed by atoms with Crippen molar-refractivity contribution >= 4 is 15.9 Å². The lowest BCUT2D eigenvalue weighted by atomic mass is 10.4. The number of halogens is 1. The zero-order valence-corrected chi connectivity index (χ0v) is 6.73. The quantitative estimate of drug-likeness (QED) is 0.771. The Labute approximate surface area is 84.7 Å². The van der Waals surface area contributed by atoms with Crippen LogP contribution in [0.1, 0.15) is 11.0 Å². The van der Waals surface area contributed by atoms with E-state index in [1.54, 1.807) is 0 Å². The van der Waals surface area contributed by atoms with E-state index in [0.717, 1.165) is 0 Å². The van der Waals surface area contributed by atoms with E-state index in [1.807, 2.05) is 0 Å². The molecule has 1 aromatic heterocycles. The van der Waals surface area contributed by atoms with Gasteiger partial charge in [-0.25, -0.2) is 4.98 Å². The van der Waals surface area contributed by atoms with E-state index in [1.165, 1.54) is 0 Å². The standard InChI is InChI=1S/C7H8BrNO2/c1-10-5-3-4-9-7(11-2)6(5)8/h3-4H,1-2H3/i1D3,2D3,3D,4D. The van der Waals surface area contributed by atoms with Crippen LogP contribution >= 0.6 is 15.9 Å². The van der Waals surface area contributed by atoms with Gasteiger partial charge in [0.2, 0.25) is 5.88 Å². The van der Waals surface area contributed by atoms with Crippen molar-refractivity contribution in [1.29, 1.82) is 0 Å². The summed E-state index contributed by atoms with van der Waals surface area (Å²) in [5.41, 5.74) is 0. The first-order valence-electron chi connectivity index (χ1n) is 6.45. The first kappa shape index (κ1) is 2.62. The summed E-state index contributed by atoms with van der Waals surface area (Å²) in [4.78, 5) is 3.43. The minimum absolute atomic E-state index is 0.249. The molecule has 0 aliphatic rings. The van der Waals surface area contributed by atoms with Crippen molar-refractivity contribution < 1.29 is 20.4 Å². The molecule has 0 aliphatic heterocycles. The van der Waals surface area contributed by atoms with Gasteiger partial charge in [-0.2, -0.15) is 0 Å². The van der Waals surface area contributed by atoms with Gasteiger partial charge in [-0.15, -0.1) is 0 Å². The summed E-state index contributed by atoms with van der Waals surface area (Å²) in [6, 6.07) is -0.596. The van der Waals surface area contributed by atoms with Crippen LogP contribution < -0.4 is 9.47 Å². The molecule has 0 saturated carbocycles. The van der Waals surface area contributed by atoms with E-state index >= 15 is 0 Å². The van der Waals surface area contributed by atoms with Crippen LogP contribution in [0.3, 0.4) is 0 Å². The topological polar surface area (TPSA) is 31.4 Å². The van der Waals surface area contributed by atoms with E-state index in [4.69, 9.17) is 11.0 Å². The highest BCUT2D eigenvalue weighted by Crippen LogP contribution is 2.31. The molecule has 0 amide bonds. The fourth-order valence-corrected chi connectivity index (χ4v) is 0.818. The Balaban J connectivity index is 3.30. The Morgan fingerprint density at radius 1 is 1.64 bits per heavy atom. The van der Waals surface area contributed by atoms with Gasteiger partial charge in [0, 0.05) is 6.17 Å². The molecule has 0 aliphatic carbocycles. The number of ether oxygens (including phenoxy) is 2. The number of nitrogens with zero attached hydrogens (tertiary/aromatic N) is 1. The highest BCUT2D eigenvalue weighted by Gasteiger charge is 2.05. The Morgan fingerprint density at radius 2 is 2.45 bits per heavy atom. The summed E-state index contributed by atoms with van der Waals surface area (Å²) < 4.78 is 65.3. The fraction of sp³-hybridized carbons (Fsp3) is 0.286. The van der Waals surface area contributed by atoms with Crippen molar-refractivity contribution in [1.82, 2.24) is 4.98 Å². The van der Waals surface area contributed by atoms with Crippen molar-refractivity contribution in [3.8, 4) is 11.6 Å². The maximum absolute atomic E-state index is 7.49. The largest absolute Gasteiger partial charge is 0.495 e. The molecule has 0 fully saturated rings. The van der Waals surface area contributed by atoms with Gasteiger partial charge >= 0.3 is 0 Å². The molecule has 0 bridgehead atoms. The predicted octanol–water partition coefficient (Wildman–Crippen LogP) is 1.86. The molecule has 0 atom stereocenters. The van der Waals surface area contributed by atoms with Crippen molar-refractivity contribution in [2.24, 2.45) is 0 Å². The molecule has 0 aromatic carbocycles. The number of hydrogen-bond donors (Lipinski definition) is 0. The summed E-state index contributed by atoms with van der Waals surface area (Å²) in [5.74, 6) is -1.07. The highest BCUT2D eigenvalue weighted by molar-refractivity contribution is 9.10. The van der Waals surface area contributed by atoms with Crippen LogP contribution in [0, 0.1) is 0 Å². The second kappa shape index (κ2) is 3.57. The minimum Gasteiger partial charge on any atom is -0.495 e. The number of pyridine rings is 1. The molecular weight excluding hydrogens is 210 g/mol. The van der Waals surface area contributed by atoms with Crippen LogP contribution in [0.15, 0.2) is 16.7 Å². The number of aromatic nitrogens is 1. The normalized spacial score (nSPS) is 22.3. The van der Waals surface area contributed by atoms with Crippen molar-refractivity contribution in [3.05, 3.63) is 16.7 Å². The van der Waals surface area contributed by atoms with Gasteiger partial charge < -0.3 is 9.47 Å². The van der Waals surface area contributed by atoms with E-state index in [0.29, 0.717) is 0 Å². The van der Waals surface area contributed by atoms with E-state index in [9.17, 15) is 0 Å². The van der Waals surface area contributed by atoms with Gasteiger partial charge in [-0.05, 0) is 22.0 Å². The molecule has 1 aromatic rings. The van der Waals surface area contributed by atoms with Crippen LogP contribution in [0.2, 0.25) is 0 Å². The fourth-order valence-electron chi connectivity index (χ4n) is 0.469. The van der Waals surface area contributed by atoms with Gasteiger partial charge in [-0.1, -0.05) is 0 Å². The lowest BCUT2D eigenvalue weighted by Gasteiger charge is -2.05. The Morgan fingerprint density at radius 3 is 3.18 bits per heavy atom. The van der Waals surface area contributed by atoms with Gasteiger partial charge in [0.25, 0.3) is 0 Å². The molecule has 0 spiro atoms. The molecule has 0 unspecified atom stereocenters. The summed E-state index contributed by atoms with van der Waals surface area (Å²) in [5, 5.41) is 0. The van der Waals surface area contributed by atoms with Gasteiger partial charge in [0.05, 0.1) is 25.0 Å². The molecular formula is C7H8BrNO2. The third-order valence-corrected chi connectivity index (χ3v) is 1.61. The predicted molar refractivity (Wildman–Crippen MR) is 45.0 cm³/mol. The zero-order chi connectivity index (χ0) is 15.0. The van der Waals surface area contributed by atoms with E-state index in [-0.39, 0.29) is 4.47 Å². The van der Waals surface area contributed by atoms with Crippen LogP contribution in [-0.4, -0.2) is 19.1 Å². The second-order valence-electron chi connectivity index (χ2n) is 1.50. The molecule has 4 heteroatoms. The van der Waals surface area contributed by atoms with Gasteiger partial charge in [-0.3, -0.25) is 0 Å². The van der Waals surface area contributed by atoms with Crippen LogP contribution in [0.5, 0.6) is 11.6 Å². The molecule has 0 N–H and O–H groups in total. The molecule has 0 saturated heterocycles. The summed E-state index contributed by atoms with van der Waals surface area (Å²) in [6.45, 7) is 0. The number of methoxy groups -OCH3 is 2. The average Bonchev–Trinajstić information content (AvgIpc) is 2.17. The van der Waals surface area contributed by atoms with Crippen molar-refractivity contribution in [3.63, 3.8) is 0 Å². The highest BCUT2D eigenvalue weighted by atomic mass is 79.9. The summed E-state index contributed by atoms with van der Waals surface area (Å²) >= 11 is 2.86. The van der Waals surface area contributed by atoms with Gasteiger partial charge in [0.15, 0.2) is 0 Å². The Kier molecular flexibility index (Phi) is 0.852. The lowest BCUT2D eigenvalue weighted by Crippen LogP contribution is -1.91. The molecule has 1 heterocycles. The molecule has 0 radical (unpaired) electrons. The van der Waals surface area contributed by atoms with Crippen LogP contribution in [0.4, 0.5) is 0 Å². The maximum atomic E-state index is 7.49. The molecule has 1 rings (SSSR count). The number of rotatable bonds is 2. The maximum Gasteiger partial charge on any atom is 0.231 e. The van der Waals surface area contributed by atoms with E-state index < -0.39 is 37.9 Å². The first-order chi connectivity index (χ1) is 8.41. The lowest BCUT2D eigenvalue weighted by molar-refractivity contribution is 0.377. The summed E-state index contributed by atoms with van der Waals surface area (Å²) in [6.07, 6.45) is -0.665. The van der Waals surface area contributed by atoms with Crippen molar-refractivity contribution in [2.45, 2.75) is 0 Å². The third-order valence-electron chi connectivity index (χ3n) is 0.913. The first-order valence-corrected chi connectivity index (χ1v) is 3.25. The van der Waals surface area contributed by atoms with Gasteiger partial charge in [0.1, 0.15) is 10.2 Å².